The molecule has 1 saturated carbocycles. The zero-order valence-electron chi connectivity index (χ0n) is 14.6. The first-order valence-corrected chi connectivity index (χ1v) is 9.52. The average molecular weight is 434 g/mol. The molecule has 1 aliphatic carbocycles. The summed E-state index contributed by atoms with van der Waals surface area (Å²) in [6.45, 7) is 0. The molecule has 4 rings (SSSR count). The highest BCUT2D eigenvalue weighted by molar-refractivity contribution is 9.10. The maximum atomic E-state index is 8.36. The van der Waals surface area contributed by atoms with Crippen molar-refractivity contribution in [1.82, 2.24) is 14.4 Å². The molecule has 8 nitrogen and oxygen atoms in total. The minimum Gasteiger partial charge on any atom is -0.367 e. The van der Waals surface area contributed by atoms with Crippen LogP contribution in [-0.4, -0.2) is 30.7 Å². The molecule has 9 heteroatoms. The molecule has 0 bridgehead atoms. The summed E-state index contributed by atoms with van der Waals surface area (Å²) in [5, 5.41) is 17.4. The predicted molar refractivity (Wildman–Crippen MR) is 105 cm³/mol. The SMILES string of the molecule is Brc1ccc2nc(-c3ccccn3)c(NC3CCCCC3)n2c1.O=[N+]([O-])O. The van der Waals surface area contributed by atoms with E-state index < -0.39 is 5.09 Å². The van der Waals surface area contributed by atoms with Crippen LogP contribution in [0.5, 0.6) is 0 Å². The van der Waals surface area contributed by atoms with Crippen molar-refractivity contribution in [3.05, 3.63) is 57.3 Å². The van der Waals surface area contributed by atoms with Gasteiger partial charge in [0.25, 0.3) is 5.09 Å². The van der Waals surface area contributed by atoms with E-state index in [2.05, 4.69) is 36.8 Å². The molecule has 0 unspecified atom stereocenters. The Hall–Kier alpha value is -2.68. The molecule has 0 aliphatic heterocycles. The molecule has 0 radical (unpaired) electrons. The summed E-state index contributed by atoms with van der Waals surface area (Å²) in [7, 11) is 0. The summed E-state index contributed by atoms with van der Waals surface area (Å²) >= 11 is 3.57. The van der Waals surface area contributed by atoms with Crippen molar-refractivity contribution in [1.29, 1.82) is 0 Å². The molecule has 142 valence electrons. The Kier molecular flexibility index (Phi) is 6.23. The van der Waals surface area contributed by atoms with Crippen molar-refractivity contribution >= 4 is 27.4 Å². The van der Waals surface area contributed by atoms with Crippen LogP contribution in [0.25, 0.3) is 17.0 Å². The molecule has 0 spiro atoms. The minimum atomic E-state index is -1.50. The normalized spacial score (nSPS) is 14.4. The van der Waals surface area contributed by atoms with Gasteiger partial charge < -0.3 is 10.5 Å². The molecule has 0 atom stereocenters. The summed E-state index contributed by atoms with van der Waals surface area (Å²) in [6.07, 6.45) is 10.3. The number of anilines is 1. The summed E-state index contributed by atoms with van der Waals surface area (Å²) in [6, 6.07) is 10.5. The Morgan fingerprint density at radius 3 is 2.63 bits per heavy atom. The van der Waals surface area contributed by atoms with Crippen LogP contribution in [0.1, 0.15) is 32.1 Å². The van der Waals surface area contributed by atoms with Crippen LogP contribution < -0.4 is 5.32 Å². The maximum absolute atomic E-state index is 8.36. The van der Waals surface area contributed by atoms with E-state index in [0.717, 1.165) is 27.3 Å². The first kappa shape index (κ1) is 19.1. The highest BCUT2D eigenvalue weighted by Gasteiger charge is 2.20. The molecule has 0 saturated heterocycles. The monoisotopic (exact) mass is 433 g/mol. The zero-order chi connectivity index (χ0) is 19.2. The number of nitrogens with one attached hydrogen (secondary N) is 1. The molecule has 2 N–H and O–H groups in total. The van der Waals surface area contributed by atoms with Crippen LogP contribution in [0, 0.1) is 10.1 Å². The number of halogens is 1. The predicted octanol–water partition coefficient (Wildman–Crippen LogP) is 4.56. The third-order valence-electron chi connectivity index (χ3n) is 4.44. The summed E-state index contributed by atoms with van der Waals surface area (Å²) in [5.41, 5.74) is 2.77. The summed E-state index contributed by atoms with van der Waals surface area (Å²) in [4.78, 5) is 17.7. The van der Waals surface area contributed by atoms with E-state index in [1.54, 1.807) is 0 Å². The first-order valence-electron chi connectivity index (χ1n) is 8.73. The lowest BCUT2D eigenvalue weighted by molar-refractivity contribution is -0.742. The van der Waals surface area contributed by atoms with Gasteiger partial charge in [-0.05, 0) is 53.0 Å². The molecule has 1 fully saturated rings. The number of nitrogens with zero attached hydrogens (tertiary/aromatic N) is 4. The second-order valence-electron chi connectivity index (χ2n) is 6.32. The zero-order valence-corrected chi connectivity index (χ0v) is 16.2. The molecule has 3 aromatic heterocycles. The quantitative estimate of drug-likeness (QED) is 0.463. The fourth-order valence-electron chi connectivity index (χ4n) is 3.28. The summed E-state index contributed by atoms with van der Waals surface area (Å²) < 4.78 is 3.17. The van der Waals surface area contributed by atoms with Gasteiger partial charge in [-0.1, -0.05) is 25.3 Å². The van der Waals surface area contributed by atoms with E-state index in [-0.39, 0.29) is 0 Å². The second kappa shape index (κ2) is 8.81. The van der Waals surface area contributed by atoms with Crippen molar-refractivity contribution in [2.75, 3.05) is 5.32 Å². The van der Waals surface area contributed by atoms with E-state index in [4.69, 9.17) is 20.3 Å². The fraction of sp³-hybridized carbons (Fsp3) is 0.333. The van der Waals surface area contributed by atoms with Gasteiger partial charge in [-0.25, -0.2) is 4.98 Å². The number of aromatic nitrogens is 3. The number of hydrogen-bond donors (Lipinski definition) is 2. The van der Waals surface area contributed by atoms with Crippen molar-refractivity contribution < 1.29 is 10.3 Å². The average Bonchev–Trinajstić information content (AvgIpc) is 3.01. The molecule has 0 aromatic carbocycles. The highest BCUT2D eigenvalue weighted by Crippen LogP contribution is 2.31. The fourth-order valence-corrected chi connectivity index (χ4v) is 3.62. The summed E-state index contributed by atoms with van der Waals surface area (Å²) in [5.74, 6) is 1.05. The third kappa shape index (κ3) is 4.94. The number of rotatable bonds is 3. The molecule has 3 aromatic rings. The van der Waals surface area contributed by atoms with Gasteiger partial charge in [0.05, 0.1) is 5.69 Å². The molecule has 3 heterocycles. The van der Waals surface area contributed by atoms with Crippen LogP contribution in [0.3, 0.4) is 0 Å². The Labute approximate surface area is 164 Å². The molecular formula is C18H20BrN5O3. The Bertz CT molecular complexity index is 906. The molecule has 27 heavy (non-hydrogen) atoms. The van der Waals surface area contributed by atoms with Crippen molar-refractivity contribution in [3.63, 3.8) is 0 Å². The topological polar surface area (TPSA) is 106 Å². The number of hydrogen-bond acceptors (Lipinski definition) is 5. The smallest absolute Gasteiger partial charge is 0.291 e. The minimum absolute atomic E-state index is 0.519. The van der Waals surface area contributed by atoms with Crippen molar-refractivity contribution in [2.24, 2.45) is 0 Å². The maximum Gasteiger partial charge on any atom is 0.291 e. The van der Waals surface area contributed by atoms with E-state index in [1.165, 1.54) is 32.1 Å². The van der Waals surface area contributed by atoms with Crippen molar-refractivity contribution in [2.45, 2.75) is 38.1 Å². The van der Waals surface area contributed by atoms with Crippen LogP contribution in [-0.2, 0) is 0 Å². The highest BCUT2D eigenvalue weighted by atomic mass is 79.9. The van der Waals surface area contributed by atoms with E-state index in [9.17, 15) is 0 Å². The standard InChI is InChI=1S/C18H19BrN4.HNO3/c19-13-9-10-16-22-17(15-8-4-5-11-20-15)18(23(16)12-13)21-14-6-2-1-3-7-14;2-1(3)4/h4-5,8-12,14,21H,1-3,6-7H2;(H,2,3,4). The van der Waals surface area contributed by atoms with Gasteiger partial charge in [0, 0.05) is 22.9 Å². The van der Waals surface area contributed by atoms with Gasteiger partial charge in [-0.3, -0.25) is 9.38 Å². The van der Waals surface area contributed by atoms with Crippen LogP contribution in [0.15, 0.2) is 47.2 Å². The lowest BCUT2D eigenvalue weighted by Crippen LogP contribution is -2.23. The van der Waals surface area contributed by atoms with Crippen LogP contribution in [0.4, 0.5) is 5.82 Å². The molecule has 0 amide bonds. The van der Waals surface area contributed by atoms with Crippen LogP contribution in [0.2, 0.25) is 0 Å². The Morgan fingerprint density at radius 1 is 1.22 bits per heavy atom. The second-order valence-corrected chi connectivity index (χ2v) is 7.23. The van der Waals surface area contributed by atoms with Gasteiger partial charge >= 0.3 is 0 Å². The lowest BCUT2D eigenvalue weighted by Gasteiger charge is -2.24. The number of pyridine rings is 2. The number of imidazole rings is 1. The van der Waals surface area contributed by atoms with Gasteiger partial charge in [0.1, 0.15) is 17.2 Å². The van der Waals surface area contributed by atoms with Gasteiger partial charge in [0.15, 0.2) is 0 Å². The van der Waals surface area contributed by atoms with Gasteiger partial charge in [-0.2, -0.15) is 0 Å². The Balaban J connectivity index is 0.000000481. The van der Waals surface area contributed by atoms with E-state index in [0.29, 0.717) is 6.04 Å². The molecule has 1 aliphatic rings. The third-order valence-corrected chi connectivity index (χ3v) is 4.91. The Morgan fingerprint density at radius 2 is 1.96 bits per heavy atom. The van der Waals surface area contributed by atoms with E-state index >= 15 is 0 Å². The molecular weight excluding hydrogens is 414 g/mol. The lowest BCUT2D eigenvalue weighted by atomic mass is 9.95. The first-order chi connectivity index (χ1) is 13.0. The van der Waals surface area contributed by atoms with Crippen molar-refractivity contribution in [3.8, 4) is 11.4 Å². The van der Waals surface area contributed by atoms with E-state index in [1.807, 2.05) is 36.5 Å². The largest absolute Gasteiger partial charge is 0.367 e. The van der Waals surface area contributed by atoms with Crippen LogP contribution >= 0.6 is 15.9 Å². The number of fused-ring (bicyclic) bond motifs is 1. The van der Waals surface area contributed by atoms with Gasteiger partial charge in [0.2, 0.25) is 0 Å². The van der Waals surface area contributed by atoms with Gasteiger partial charge in [-0.15, -0.1) is 10.1 Å².